The molecule has 20 heavy (non-hydrogen) atoms. The maximum absolute atomic E-state index is 9.44. The Hall–Kier alpha value is -2.74. The number of ether oxygens (including phenoxy) is 1. The van der Waals surface area contributed by atoms with Crippen molar-refractivity contribution >= 4 is 0 Å². The third kappa shape index (κ3) is 1.66. The predicted molar refractivity (Wildman–Crippen MR) is 73.8 cm³/mol. The summed E-state index contributed by atoms with van der Waals surface area (Å²) in [6, 6.07) is 10.1. The molecule has 2 heterocycles. The van der Waals surface area contributed by atoms with Gasteiger partial charge in [0.25, 0.3) is 0 Å². The van der Waals surface area contributed by atoms with Crippen molar-refractivity contribution in [1.82, 2.24) is 10.2 Å². The van der Waals surface area contributed by atoms with Crippen LogP contribution in [0.2, 0.25) is 0 Å². The minimum absolute atomic E-state index is 0.125. The number of nitriles is 1. The number of hydrogen-bond donors (Lipinski definition) is 2. The summed E-state index contributed by atoms with van der Waals surface area (Å²) in [6.45, 7) is 3.93. The Labute approximate surface area is 116 Å². The van der Waals surface area contributed by atoms with E-state index in [-0.39, 0.29) is 11.8 Å². The maximum atomic E-state index is 9.44. The van der Waals surface area contributed by atoms with Crippen LogP contribution in [-0.2, 0) is 0 Å². The van der Waals surface area contributed by atoms with Gasteiger partial charge in [0.1, 0.15) is 11.6 Å². The first-order valence-electron chi connectivity index (χ1n) is 6.31. The lowest BCUT2D eigenvalue weighted by Crippen LogP contribution is -2.21. The number of aromatic nitrogens is 2. The zero-order chi connectivity index (χ0) is 14.3. The van der Waals surface area contributed by atoms with Crippen LogP contribution >= 0.6 is 0 Å². The fourth-order valence-electron chi connectivity index (χ4n) is 2.62. The van der Waals surface area contributed by atoms with E-state index in [0.717, 1.165) is 22.4 Å². The fourth-order valence-corrected chi connectivity index (χ4v) is 2.62. The molecule has 0 saturated heterocycles. The molecule has 0 saturated carbocycles. The molecule has 1 aromatic heterocycles. The lowest BCUT2D eigenvalue weighted by molar-refractivity contribution is 0.378. The molecule has 3 rings (SSSR count). The summed E-state index contributed by atoms with van der Waals surface area (Å²) in [5.41, 5.74) is 10.2. The Morgan fingerprint density at radius 3 is 2.80 bits per heavy atom. The summed E-state index contributed by atoms with van der Waals surface area (Å²) in [5.74, 6) is 0.343. The average Bonchev–Trinajstić information content (AvgIpc) is 2.79. The van der Waals surface area contributed by atoms with Crippen molar-refractivity contribution in [2.24, 2.45) is 5.73 Å². The van der Waals surface area contributed by atoms with Crippen LogP contribution in [0.4, 0.5) is 0 Å². The molecule has 3 N–H and O–H groups in total. The molecule has 1 aliphatic rings. The van der Waals surface area contributed by atoms with Crippen LogP contribution in [0.3, 0.4) is 0 Å². The third-order valence-corrected chi connectivity index (χ3v) is 3.63. The summed E-state index contributed by atoms with van der Waals surface area (Å²) < 4.78 is 5.44. The molecule has 2 aromatic rings. The SMILES string of the molecule is Cc1ccccc1[C@@H]1C(C#N)=C(N)Oc2n[nH]c(C)c21. The maximum Gasteiger partial charge on any atom is 0.244 e. The van der Waals surface area contributed by atoms with Gasteiger partial charge in [0, 0.05) is 11.3 Å². The normalized spacial score (nSPS) is 17.4. The molecule has 0 fully saturated rings. The lowest BCUT2D eigenvalue weighted by atomic mass is 9.82. The van der Waals surface area contributed by atoms with E-state index >= 15 is 0 Å². The minimum Gasteiger partial charge on any atom is -0.420 e. The molecule has 0 radical (unpaired) electrons. The van der Waals surface area contributed by atoms with Crippen molar-refractivity contribution in [1.29, 1.82) is 5.26 Å². The molecular formula is C15H14N4O. The molecule has 0 spiro atoms. The van der Waals surface area contributed by atoms with Gasteiger partial charge in [-0.05, 0) is 25.0 Å². The highest BCUT2D eigenvalue weighted by atomic mass is 16.5. The molecule has 0 unspecified atom stereocenters. The molecule has 1 atom stereocenters. The van der Waals surface area contributed by atoms with Crippen LogP contribution in [-0.4, -0.2) is 10.2 Å². The second-order valence-electron chi connectivity index (χ2n) is 4.85. The standard InChI is InChI=1S/C15H14N4O/c1-8-5-3-4-6-10(8)13-11(7-16)14(17)20-15-12(13)9(2)18-19-15/h3-6,13H,17H2,1-2H3,(H,18,19)/t13-/m1/s1. The summed E-state index contributed by atoms with van der Waals surface area (Å²) in [7, 11) is 0. The molecule has 0 amide bonds. The Morgan fingerprint density at radius 1 is 1.35 bits per heavy atom. The van der Waals surface area contributed by atoms with E-state index in [2.05, 4.69) is 16.3 Å². The number of aromatic amines is 1. The Kier molecular flexibility index (Phi) is 2.72. The second-order valence-corrected chi connectivity index (χ2v) is 4.85. The summed E-state index contributed by atoms with van der Waals surface area (Å²) in [5, 5.41) is 16.4. The van der Waals surface area contributed by atoms with E-state index in [4.69, 9.17) is 10.5 Å². The lowest BCUT2D eigenvalue weighted by Gasteiger charge is -2.24. The Bertz CT molecular complexity index is 751. The minimum atomic E-state index is -0.233. The van der Waals surface area contributed by atoms with Crippen molar-refractivity contribution in [2.75, 3.05) is 0 Å². The van der Waals surface area contributed by atoms with Crippen LogP contribution in [0, 0.1) is 25.2 Å². The number of fused-ring (bicyclic) bond motifs is 1. The third-order valence-electron chi connectivity index (χ3n) is 3.63. The van der Waals surface area contributed by atoms with E-state index in [0.29, 0.717) is 11.5 Å². The van der Waals surface area contributed by atoms with Crippen molar-refractivity contribution in [2.45, 2.75) is 19.8 Å². The quantitative estimate of drug-likeness (QED) is 0.828. The predicted octanol–water partition coefficient (Wildman–Crippen LogP) is 2.24. The molecule has 1 aliphatic heterocycles. The van der Waals surface area contributed by atoms with Crippen molar-refractivity contribution in [3.63, 3.8) is 0 Å². The van der Waals surface area contributed by atoms with E-state index in [1.165, 1.54) is 0 Å². The fraction of sp³-hybridized carbons (Fsp3) is 0.200. The molecular weight excluding hydrogens is 252 g/mol. The molecule has 100 valence electrons. The van der Waals surface area contributed by atoms with Crippen molar-refractivity contribution in [3.8, 4) is 11.9 Å². The zero-order valence-corrected chi connectivity index (χ0v) is 11.3. The number of rotatable bonds is 1. The van der Waals surface area contributed by atoms with Gasteiger partial charge in [-0.3, -0.25) is 5.10 Å². The first-order valence-corrected chi connectivity index (χ1v) is 6.31. The number of H-pyrrole nitrogens is 1. The molecule has 5 nitrogen and oxygen atoms in total. The number of aryl methyl sites for hydroxylation is 2. The Balaban J connectivity index is 2.29. The Morgan fingerprint density at radius 2 is 2.10 bits per heavy atom. The number of allylic oxidation sites excluding steroid dienone is 1. The van der Waals surface area contributed by atoms with Crippen LogP contribution in [0.1, 0.15) is 28.3 Å². The van der Waals surface area contributed by atoms with Gasteiger partial charge < -0.3 is 10.5 Å². The van der Waals surface area contributed by atoms with Gasteiger partial charge in [-0.25, -0.2) is 0 Å². The first-order chi connectivity index (χ1) is 9.63. The molecule has 0 aliphatic carbocycles. The number of nitrogens with one attached hydrogen (secondary N) is 1. The van der Waals surface area contributed by atoms with Gasteiger partial charge in [-0.1, -0.05) is 24.3 Å². The number of nitrogens with zero attached hydrogens (tertiary/aromatic N) is 2. The monoisotopic (exact) mass is 266 g/mol. The van der Waals surface area contributed by atoms with E-state index in [1.54, 1.807) is 0 Å². The van der Waals surface area contributed by atoms with Gasteiger partial charge in [-0.15, -0.1) is 5.10 Å². The van der Waals surface area contributed by atoms with E-state index < -0.39 is 0 Å². The van der Waals surface area contributed by atoms with Crippen molar-refractivity contribution in [3.05, 3.63) is 58.1 Å². The first kappa shape index (κ1) is 12.3. The number of hydrogen-bond acceptors (Lipinski definition) is 4. The highest BCUT2D eigenvalue weighted by Crippen LogP contribution is 2.43. The highest BCUT2D eigenvalue weighted by molar-refractivity contribution is 5.56. The summed E-state index contributed by atoms with van der Waals surface area (Å²) >= 11 is 0. The van der Waals surface area contributed by atoms with E-state index in [1.807, 2.05) is 38.1 Å². The van der Waals surface area contributed by atoms with Gasteiger partial charge >= 0.3 is 0 Å². The smallest absolute Gasteiger partial charge is 0.244 e. The highest BCUT2D eigenvalue weighted by Gasteiger charge is 2.34. The van der Waals surface area contributed by atoms with Crippen LogP contribution < -0.4 is 10.5 Å². The average molecular weight is 266 g/mol. The van der Waals surface area contributed by atoms with Gasteiger partial charge in [0.2, 0.25) is 11.8 Å². The molecule has 1 aromatic carbocycles. The number of benzene rings is 1. The van der Waals surface area contributed by atoms with Gasteiger partial charge in [-0.2, -0.15) is 5.26 Å². The number of nitrogens with two attached hydrogens (primary N) is 1. The van der Waals surface area contributed by atoms with Crippen LogP contribution in [0.25, 0.3) is 0 Å². The van der Waals surface area contributed by atoms with E-state index in [9.17, 15) is 5.26 Å². The molecule has 5 heteroatoms. The topological polar surface area (TPSA) is 87.7 Å². The zero-order valence-electron chi connectivity index (χ0n) is 11.3. The summed E-state index contributed by atoms with van der Waals surface area (Å²) in [4.78, 5) is 0. The largest absolute Gasteiger partial charge is 0.420 e. The molecule has 0 bridgehead atoms. The van der Waals surface area contributed by atoms with Crippen molar-refractivity contribution < 1.29 is 4.74 Å². The second kappa shape index (κ2) is 4.42. The summed E-state index contributed by atoms with van der Waals surface area (Å²) in [6.07, 6.45) is 0. The van der Waals surface area contributed by atoms with Crippen LogP contribution in [0.5, 0.6) is 5.88 Å². The van der Waals surface area contributed by atoms with Gasteiger partial charge in [0.15, 0.2) is 0 Å². The van der Waals surface area contributed by atoms with Crippen LogP contribution in [0.15, 0.2) is 35.7 Å². The van der Waals surface area contributed by atoms with Gasteiger partial charge in [0.05, 0.1) is 5.92 Å².